The lowest BCUT2D eigenvalue weighted by Crippen LogP contribution is -2.24. The number of nitrogens with two attached hydrogens (primary N) is 1. The number of sulfonamides is 1. The molecule has 0 saturated heterocycles. The second kappa shape index (κ2) is 5.87. The Labute approximate surface area is 129 Å². The Morgan fingerprint density at radius 2 is 2.00 bits per heavy atom. The molecule has 0 saturated carbocycles. The standard InChI is InChI=1S/C11H9Cl2FN2O2S2/c12-8-3-6(15)4-9(11(8)14)20(17,18)16-5-7-1-2-10(13)19-7/h1-4,16H,5,15H2. The van der Waals surface area contributed by atoms with Gasteiger partial charge in [-0.05, 0) is 24.3 Å². The van der Waals surface area contributed by atoms with E-state index in [1.54, 1.807) is 12.1 Å². The van der Waals surface area contributed by atoms with E-state index in [1.165, 1.54) is 11.3 Å². The van der Waals surface area contributed by atoms with Gasteiger partial charge in [-0.25, -0.2) is 17.5 Å². The molecule has 0 fully saturated rings. The van der Waals surface area contributed by atoms with Gasteiger partial charge in [0.1, 0.15) is 4.90 Å². The van der Waals surface area contributed by atoms with Crippen LogP contribution >= 0.6 is 34.5 Å². The fraction of sp³-hybridized carbons (Fsp3) is 0.0909. The van der Waals surface area contributed by atoms with Crippen molar-refractivity contribution < 1.29 is 12.8 Å². The summed E-state index contributed by atoms with van der Waals surface area (Å²) in [5.74, 6) is -1.03. The Kier molecular flexibility index (Phi) is 4.55. The number of thiophene rings is 1. The number of rotatable bonds is 4. The van der Waals surface area contributed by atoms with Gasteiger partial charge < -0.3 is 5.73 Å². The highest BCUT2D eigenvalue weighted by atomic mass is 35.5. The molecule has 0 bridgehead atoms. The summed E-state index contributed by atoms with van der Waals surface area (Å²) in [6, 6.07) is 5.49. The minimum Gasteiger partial charge on any atom is -0.399 e. The molecule has 0 atom stereocenters. The van der Waals surface area contributed by atoms with Gasteiger partial charge in [0.05, 0.1) is 9.36 Å². The van der Waals surface area contributed by atoms with Crippen LogP contribution in [0.2, 0.25) is 9.36 Å². The van der Waals surface area contributed by atoms with Crippen LogP contribution in [0.15, 0.2) is 29.2 Å². The van der Waals surface area contributed by atoms with Crippen LogP contribution in [-0.4, -0.2) is 8.42 Å². The van der Waals surface area contributed by atoms with E-state index in [0.29, 0.717) is 9.21 Å². The Bertz CT molecular complexity index is 747. The van der Waals surface area contributed by atoms with Gasteiger partial charge in [-0.15, -0.1) is 11.3 Å². The van der Waals surface area contributed by atoms with Crippen molar-refractivity contribution >= 4 is 50.2 Å². The second-order valence-electron chi connectivity index (χ2n) is 3.85. The van der Waals surface area contributed by atoms with Crippen LogP contribution in [0.25, 0.3) is 0 Å². The molecular formula is C11H9Cl2FN2O2S2. The lowest BCUT2D eigenvalue weighted by atomic mass is 10.3. The first-order valence-corrected chi connectivity index (χ1v) is 8.33. The number of hydrogen-bond donors (Lipinski definition) is 2. The molecule has 20 heavy (non-hydrogen) atoms. The third-order valence-corrected chi connectivity index (χ3v) is 5.28. The zero-order chi connectivity index (χ0) is 14.9. The summed E-state index contributed by atoms with van der Waals surface area (Å²) in [6.45, 7) is 0.00553. The highest BCUT2D eigenvalue weighted by Crippen LogP contribution is 2.26. The molecule has 4 nitrogen and oxygen atoms in total. The SMILES string of the molecule is Nc1cc(Cl)c(F)c(S(=O)(=O)NCc2ccc(Cl)s2)c1. The number of nitrogen functional groups attached to an aromatic ring is 1. The first kappa shape index (κ1) is 15.5. The maximum absolute atomic E-state index is 13.8. The van der Waals surface area contributed by atoms with Crippen molar-refractivity contribution in [3.8, 4) is 0 Å². The number of anilines is 1. The molecule has 2 aromatic rings. The molecule has 9 heteroatoms. The Morgan fingerprint density at radius 3 is 2.60 bits per heavy atom. The van der Waals surface area contributed by atoms with Crippen molar-refractivity contribution in [1.29, 1.82) is 0 Å². The second-order valence-corrected chi connectivity index (χ2v) is 7.79. The lowest BCUT2D eigenvalue weighted by Gasteiger charge is -2.08. The smallest absolute Gasteiger partial charge is 0.243 e. The van der Waals surface area contributed by atoms with Crippen LogP contribution in [0.3, 0.4) is 0 Å². The van der Waals surface area contributed by atoms with E-state index in [-0.39, 0.29) is 17.3 Å². The highest BCUT2D eigenvalue weighted by molar-refractivity contribution is 7.89. The Morgan fingerprint density at radius 1 is 1.30 bits per heavy atom. The van der Waals surface area contributed by atoms with Gasteiger partial charge in [0, 0.05) is 17.1 Å². The number of hydrogen-bond acceptors (Lipinski definition) is 4. The highest BCUT2D eigenvalue weighted by Gasteiger charge is 2.21. The summed E-state index contributed by atoms with van der Waals surface area (Å²) in [6.07, 6.45) is 0. The number of benzene rings is 1. The summed E-state index contributed by atoms with van der Waals surface area (Å²) >= 11 is 12.6. The van der Waals surface area contributed by atoms with E-state index in [0.717, 1.165) is 12.1 Å². The molecule has 1 aromatic carbocycles. The minimum atomic E-state index is -4.05. The zero-order valence-corrected chi connectivity index (χ0v) is 13.0. The number of halogens is 3. The van der Waals surface area contributed by atoms with Crippen LogP contribution < -0.4 is 10.5 Å². The fourth-order valence-electron chi connectivity index (χ4n) is 1.47. The predicted molar refractivity (Wildman–Crippen MR) is 79.2 cm³/mol. The van der Waals surface area contributed by atoms with E-state index in [2.05, 4.69) is 4.72 Å². The minimum absolute atomic E-state index is 0.00553. The van der Waals surface area contributed by atoms with Crippen LogP contribution in [-0.2, 0) is 16.6 Å². The molecule has 1 heterocycles. The van der Waals surface area contributed by atoms with Crippen molar-refractivity contribution in [3.05, 3.63) is 44.3 Å². The molecule has 0 radical (unpaired) electrons. The maximum atomic E-state index is 13.8. The van der Waals surface area contributed by atoms with Gasteiger partial charge in [-0.1, -0.05) is 23.2 Å². The van der Waals surface area contributed by atoms with Crippen molar-refractivity contribution in [2.75, 3.05) is 5.73 Å². The maximum Gasteiger partial charge on any atom is 0.243 e. The van der Waals surface area contributed by atoms with E-state index in [9.17, 15) is 12.8 Å². The van der Waals surface area contributed by atoms with Crippen molar-refractivity contribution in [2.45, 2.75) is 11.4 Å². The summed E-state index contributed by atoms with van der Waals surface area (Å²) in [5.41, 5.74) is 5.54. The van der Waals surface area contributed by atoms with Crippen LogP contribution in [0.5, 0.6) is 0 Å². The molecule has 2 rings (SSSR count). The van der Waals surface area contributed by atoms with Gasteiger partial charge in [-0.2, -0.15) is 0 Å². The average Bonchev–Trinajstić information content (AvgIpc) is 2.77. The molecule has 0 aliphatic heterocycles. The molecule has 0 aliphatic carbocycles. The lowest BCUT2D eigenvalue weighted by molar-refractivity contribution is 0.557. The van der Waals surface area contributed by atoms with E-state index in [1.807, 2.05) is 0 Å². The third kappa shape index (κ3) is 3.42. The Balaban J connectivity index is 2.27. The van der Waals surface area contributed by atoms with Gasteiger partial charge >= 0.3 is 0 Å². The van der Waals surface area contributed by atoms with Crippen LogP contribution in [0, 0.1) is 5.82 Å². The molecule has 0 amide bonds. The quantitative estimate of drug-likeness (QED) is 0.827. The van der Waals surface area contributed by atoms with Crippen LogP contribution in [0.4, 0.5) is 10.1 Å². The molecule has 0 aliphatic rings. The normalized spacial score (nSPS) is 11.8. The van der Waals surface area contributed by atoms with Crippen molar-refractivity contribution in [3.63, 3.8) is 0 Å². The predicted octanol–water partition coefficient (Wildman–Crippen LogP) is 3.25. The van der Waals surface area contributed by atoms with Crippen molar-refractivity contribution in [1.82, 2.24) is 4.72 Å². The van der Waals surface area contributed by atoms with Gasteiger partial charge in [0.2, 0.25) is 10.0 Å². The monoisotopic (exact) mass is 354 g/mol. The summed E-state index contributed by atoms with van der Waals surface area (Å²) in [5, 5.41) is -0.343. The molecule has 108 valence electrons. The third-order valence-electron chi connectivity index (χ3n) is 2.37. The molecule has 0 unspecified atom stereocenters. The summed E-state index contributed by atoms with van der Waals surface area (Å²) < 4.78 is 40.7. The molecule has 3 N–H and O–H groups in total. The summed E-state index contributed by atoms with van der Waals surface area (Å²) in [4.78, 5) is 0.124. The van der Waals surface area contributed by atoms with E-state index >= 15 is 0 Å². The largest absolute Gasteiger partial charge is 0.399 e. The molecular weight excluding hydrogens is 346 g/mol. The Hall–Kier alpha value is -0.860. The van der Waals surface area contributed by atoms with Gasteiger partial charge in [-0.3, -0.25) is 0 Å². The fourth-order valence-corrected chi connectivity index (χ4v) is 4.01. The first-order chi connectivity index (χ1) is 9.29. The molecule has 1 aromatic heterocycles. The zero-order valence-electron chi connectivity index (χ0n) is 9.86. The van der Waals surface area contributed by atoms with Gasteiger partial charge in [0.15, 0.2) is 5.82 Å². The van der Waals surface area contributed by atoms with Crippen molar-refractivity contribution in [2.24, 2.45) is 0 Å². The number of nitrogens with one attached hydrogen (secondary N) is 1. The van der Waals surface area contributed by atoms with E-state index in [4.69, 9.17) is 28.9 Å². The van der Waals surface area contributed by atoms with Gasteiger partial charge in [0.25, 0.3) is 0 Å². The first-order valence-electron chi connectivity index (χ1n) is 5.28. The average molecular weight is 355 g/mol. The molecule has 0 spiro atoms. The van der Waals surface area contributed by atoms with E-state index < -0.39 is 20.7 Å². The van der Waals surface area contributed by atoms with Crippen LogP contribution in [0.1, 0.15) is 4.88 Å². The topological polar surface area (TPSA) is 72.2 Å². The summed E-state index contributed by atoms with van der Waals surface area (Å²) in [7, 11) is -4.05.